The summed E-state index contributed by atoms with van der Waals surface area (Å²) < 4.78 is 0. The highest BCUT2D eigenvalue weighted by Gasteiger charge is 2.08. The third-order valence-corrected chi connectivity index (χ3v) is 2.15. The molecule has 0 aliphatic carbocycles. The highest BCUT2D eigenvalue weighted by Crippen LogP contribution is 2.13. The van der Waals surface area contributed by atoms with Crippen LogP contribution in [0.2, 0.25) is 0 Å². The van der Waals surface area contributed by atoms with Crippen molar-refractivity contribution >= 4 is 5.71 Å². The van der Waals surface area contributed by atoms with E-state index in [1.54, 1.807) is 0 Å². The molecule has 1 unspecified atom stereocenters. The van der Waals surface area contributed by atoms with Gasteiger partial charge in [-0.3, -0.25) is 0 Å². The van der Waals surface area contributed by atoms with Crippen LogP contribution in [0.1, 0.15) is 46.5 Å². The van der Waals surface area contributed by atoms with Crippen molar-refractivity contribution in [3.05, 3.63) is 0 Å². The van der Waals surface area contributed by atoms with Gasteiger partial charge in [-0.15, -0.1) is 0 Å². The van der Waals surface area contributed by atoms with Crippen LogP contribution >= 0.6 is 0 Å². The summed E-state index contributed by atoms with van der Waals surface area (Å²) in [4.78, 5) is 0. The molecule has 1 N–H and O–H groups in total. The molecule has 2 heteroatoms. The SMILES string of the molecule is CCCCC(CC)C(C)=NO. The van der Waals surface area contributed by atoms with Crippen LogP contribution in [0, 0.1) is 5.92 Å². The monoisotopic (exact) mass is 157 g/mol. The number of hydrogen-bond donors (Lipinski definition) is 1. The van der Waals surface area contributed by atoms with Crippen LogP contribution in [0.25, 0.3) is 0 Å². The van der Waals surface area contributed by atoms with Gasteiger partial charge in [0, 0.05) is 5.92 Å². The summed E-state index contributed by atoms with van der Waals surface area (Å²) in [5.74, 6) is 0.486. The third-order valence-electron chi connectivity index (χ3n) is 2.15. The number of rotatable bonds is 5. The molecule has 11 heavy (non-hydrogen) atoms. The summed E-state index contributed by atoms with van der Waals surface area (Å²) in [5, 5.41) is 11.8. The number of nitrogens with zero attached hydrogens (tertiary/aromatic N) is 1. The predicted molar refractivity (Wildman–Crippen MR) is 48.2 cm³/mol. The molecule has 0 amide bonds. The second-order valence-electron chi connectivity index (χ2n) is 2.99. The minimum absolute atomic E-state index is 0.486. The molecule has 0 heterocycles. The van der Waals surface area contributed by atoms with Gasteiger partial charge in [0.15, 0.2) is 0 Å². The lowest BCUT2D eigenvalue weighted by atomic mass is 9.95. The van der Waals surface area contributed by atoms with Crippen molar-refractivity contribution in [2.75, 3.05) is 0 Å². The molecule has 1 atom stereocenters. The summed E-state index contributed by atoms with van der Waals surface area (Å²) in [6.07, 6.45) is 4.68. The average molecular weight is 157 g/mol. The molecule has 0 spiro atoms. The fourth-order valence-electron chi connectivity index (χ4n) is 1.24. The summed E-state index contributed by atoms with van der Waals surface area (Å²) in [7, 11) is 0. The van der Waals surface area contributed by atoms with Crippen LogP contribution in [-0.2, 0) is 0 Å². The van der Waals surface area contributed by atoms with E-state index >= 15 is 0 Å². The molecule has 0 aromatic rings. The molecule has 0 aromatic carbocycles. The van der Waals surface area contributed by atoms with Gasteiger partial charge in [-0.05, 0) is 19.8 Å². The molecule has 0 aromatic heterocycles. The third kappa shape index (κ3) is 4.02. The first-order valence-corrected chi connectivity index (χ1v) is 4.44. The van der Waals surface area contributed by atoms with Gasteiger partial charge in [-0.2, -0.15) is 0 Å². The van der Waals surface area contributed by atoms with Gasteiger partial charge in [0.1, 0.15) is 0 Å². The van der Waals surface area contributed by atoms with Crippen molar-refractivity contribution in [3.8, 4) is 0 Å². The van der Waals surface area contributed by atoms with E-state index in [0.717, 1.165) is 18.6 Å². The molecule has 0 saturated carbocycles. The molecule has 0 aliphatic rings. The molecule has 2 nitrogen and oxygen atoms in total. The highest BCUT2D eigenvalue weighted by atomic mass is 16.4. The van der Waals surface area contributed by atoms with E-state index < -0.39 is 0 Å². The zero-order valence-electron chi connectivity index (χ0n) is 7.80. The maximum Gasteiger partial charge on any atom is 0.0570 e. The molecule has 0 fully saturated rings. The molecule has 0 rings (SSSR count). The minimum Gasteiger partial charge on any atom is -0.411 e. The topological polar surface area (TPSA) is 32.6 Å². The molecular weight excluding hydrogens is 138 g/mol. The van der Waals surface area contributed by atoms with Crippen LogP contribution < -0.4 is 0 Å². The Morgan fingerprint density at radius 2 is 2.09 bits per heavy atom. The Labute approximate surface area is 69.3 Å². The van der Waals surface area contributed by atoms with Crippen molar-refractivity contribution in [1.29, 1.82) is 0 Å². The second-order valence-corrected chi connectivity index (χ2v) is 2.99. The standard InChI is InChI=1S/C9H19NO/c1-4-6-7-9(5-2)8(3)10-11/h9,11H,4-7H2,1-3H3. The summed E-state index contributed by atoms with van der Waals surface area (Å²) >= 11 is 0. The zero-order valence-corrected chi connectivity index (χ0v) is 7.80. The van der Waals surface area contributed by atoms with Crippen LogP contribution in [0.4, 0.5) is 0 Å². The van der Waals surface area contributed by atoms with Gasteiger partial charge in [-0.25, -0.2) is 0 Å². The number of hydrogen-bond acceptors (Lipinski definition) is 2. The normalized spacial score (nSPS) is 15.0. The summed E-state index contributed by atoms with van der Waals surface area (Å²) in [6, 6.07) is 0. The van der Waals surface area contributed by atoms with Crippen molar-refractivity contribution in [3.63, 3.8) is 0 Å². The van der Waals surface area contributed by atoms with E-state index in [4.69, 9.17) is 5.21 Å². The van der Waals surface area contributed by atoms with Gasteiger partial charge < -0.3 is 5.21 Å². The van der Waals surface area contributed by atoms with Crippen LogP contribution in [0.3, 0.4) is 0 Å². The van der Waals surface area contributed by atoms with Crippen molar-refractivity contribution in [2.45, 2.75) is 46.5 Å². The Morgan fingerprint density at radius 3 is 2.45 bits per heavy atom. The molecule has 0 bridgehead atoms. The maximum absolute atomic E-state index is 8.52. The van der Waals surface area contributed by atoms with E-state index in [-0.39, 0.29) is 0 Å². The maximum atomic E-state index is 8.52. The lowest BCUT2D eigenvalue weighted by Gasteiger charge is -2.11. The molecule has 66 valence electrons. The number of unbranched alkanes of at least 4 members (excludes halogenated alkanes) is 1. The van der Waals surface area contributed by atoms with E-state index in [2.05, 4.69) is 19.0 Å². The fraction of sp³-hybridized carbons (Fsp3) is 0.889. The van der Waals surface area contributed by atoms with Gasteiger partial charge >= 0.3 is 0 Å². The summed E-state index contributed by atoms with van der Waals surface area (Å²) in [6.45, 7) is 6.21. The Balaban J connectivity index is 3.75. The Bertz CT molecular complexity index is 121. The minimum atomic E-state index is 0.486. The number of oxime groups is 1. The van der Waals surface area contributed by atoms with Gasteiger partial charge in [-0.1, -0.05) is 31.8 Å². The van der Waals surface area contributed by atoms with E-state index in [1.165, 1.54) is 12.8 Å². The molecular formula is C9H19NO. The lowest BCUT2D eigenvalue weighted by Crippen LogP contribution is -2.09. The van der Waals surface area contributed by atoms with Crippen molar-refractivity contribution < 1.29 is 5.21 Å². The summed E-state index contributed by atoms with van der Waals surface area (Å²) in [5.41, 5.74) is 0.876. The second kappa shape index (κ2) is 6.20. The van der Waals surface area contributed by atoms with E-state index in [0.29, 0.717) is 5.92 Å². The largest absolute Gasteiger partial charge is 0.411 e. The molecule has 0 saturated heterocycles. The first-order chi connectivity index (χ1) is 5.26. The lowest BCUT2D eigenvalue weighted by molar-refractivity contribution is 0.313. The Kier molecular flexibility index (Phi) is 5.90. The van der Waals surface area contributed by atoms with Crippen LogP contribution in [0.5, 0.6) is 0 Å². The Morgan fingerprint density at radius 1 is 1.45 bits per heavy atom. The highest BCUT2D eigenvalue weighted by molar-refractivity contribution is 5.83. The predicted octanol–water partition coefficient (Wildman–Crippen LogP) is 3.05. The quantitative estimate of drug-likeness (QED) is 0.371. The average Bonchev–Trinajstić information content (AvgIpc) is 2.05. The molecule has 0 radical (unpaired) electrons. The van der Waals surface area contributed by atoms with Gasteiger partial charge in [0.05, 0.1) is 5.71 Å². The van der Waals surface area contributed by atoms with E-state index in [1.807, 2.05) is 6.92 Å². The van der Waals surface area contributed by atoms with E-state index in [9.17, 15) is 0 Å². The van der Waals surface area contributed by atoms with Crippen LogP contribution in [-0.4, -0.2) is 10.9 Å². The Hall–Kier alpha value is -0.530. The fourth-order valence-corrected chi connectivity index (χ4v) is 1.24. The first-order valence-electron chi connectivity index (χ1n) is 4.44. The van der Waals surface area contributed by atoms with Crippen LogP contribution in [0.15, 0.2) is 5.16 Å². The molecule has 0 aliphatic heterocycles. The van der Waals surface area contributed by atoms with Gasteiger partial charge in [0.25, 0.3) is 0 Å². The zero-order chi connectivity index (χ0) is 8.69. The van der Waals surface area contributed by atoms with Crippen molar-refractivity contribution in [1.82, 2.24) is 0 Å². The van der Waals surface area contributed by atoms with Crippen molar-refractivity contribution in [2.24, 2.45) is 11.1 Å². The van der Waals surface area contributed by atoms with Gasteiger partial charge in [0.2, 0.25) is 0 Å². The smallest absolute Gasteiger partial charge is 0.0570 e. The first kappa shape index (κ1) is 10.5.